The lowest BCUT2D eigenvalue weighted by Gasteiger charge is -2.24. The molecule has 16 heavy (non-hydrogen) atoms. The summed E-state index contributed by atoms with van der Waals surface area (Å²) in [5, 5.41) is 2.96. The molecule has 0 bridgehead atoms. The van der Waals surface area contributed by atoms with Gasteiger partial charge in [-0.15, -0.1) is 11.8 Å². The molecule has 1 aromatic rings. The number of hydrogen-bond donors (Lipinski definition) is 2. The molecule has 0 aliphatic rings. The lowest BCUT2D eigenvalue weighted by molar-refractivity contribution is -0.122. The van der Waals surface area contributed by atoms with Crippen molar-refractivity contribution in [2.24, 2.45) is 5.73 Å². The van der Waals surface area contributed by atoms with Crippen molar-refractivity contribution in [1.29, 1.82) is 0 Å². The molecule has 0 aromatic heterocycles. The first-order valence-electron chi connectivity index (χ1n) is 4.85. The maximum absolute atomic E-state index is 11.3. The standard InChI is InChI=1S/C11H15BrN2OS/c1-11(14-2,10(13)15)7-16-9-5-3-4-8(12)6-9/h3-6,14H,7H2,1-2H3,(H2,13,15). The summed E-state index contributed by atoms with van der Waals surface area (Å²) >= 11 is 5.01. The summed E-state index contributed by atoms with van der Waals surface area (Å²) in [4.78, 5) is 12.4. The van der Waals surface area contributed by atoms with E-state index in [4.69, 9.17) is 5.73 Å². The van der Waals surface area contributed by atoms with Crippen LogP contribution in [0.15, 0.2) is 33.6 Å². The zero-order chi connectivity index (χ0) is 12.2. The smallest absolute Gasteiger partial charge is 0.238 e. The molecule has 1 aromatic carbocycles. The predicted octanol–water partition coefficient (Wildman–Crippen LogP) is 2.00. The molecule has 0 spiro atoms. The largest absolute Gasteiger partial charge is 0.368 e. The Labute approximate surface area is 108 Å². The molecular formula is C11H15BrN2OS. The molecule has 0 heterocycles. The van der Waals surface area contributed by atoms with Gasteiger partial charge in [0.15, 0.2) is 0 Å². The quantitative estimate of drug-likeness (QED) is 0.818. The lowest BCUT2D eigenvalue weighted by Crippen LogP contribution is -2.53. The fraction of sp³-hybridized carbons (Fsp3) is 0.364. The summed E-state index contributed by atoms with van der Waals surface area (Å²) in [6.45, 7) is 1.81. The van der Waals surface area contributed by atoms with E-state index in [2.05, 4.69) is 21.2 Å². The number of halogens is 1. The Bertz CT molecular complexity index is 386. The van der Waals surface area contributed by atoms with Gasteiger partial charge >= 0.3 is 0 Å². The van der Waals surface area contributed by atoms with Gasteiger partial charge in [0.05, 0.1) is 0 Å². The highest BCUT2D eigenvalue weighted by molar-refractivity contribution is 9.10. The number of nitrogens with one attached hydrogen (secondary N) is 1. The van der Waals surface area contributed by atoms with Gasteiger partial charge in [-0.05, 0) is 32.2 Å². The van der Waals surface area contributed by atoms with E-state index < -0.39 is 5.54 Å². The molecule has 3 N–H and O–H groups in total. The molecule has 5 heteroatoms. The Morgan fingerprint density at radius 1 is 1.62 bits per heavy atom. The first-order chi connectivity index (χ1) is 7.48. The number of carbonyl (C=O) groups is 1. The van der Waals surface area contributed by atoms with Crippen molar-refractivity contribution in [3.8, 4) is 0 Å². The zero-order valence-corrected chi connectivity index (χ0v) is 11.7. The van der Waals surface area contributed by atoms with E-state index >= 15 is 0 Å². The molecule has 0 saturated carbocycles. The Morgan fingerprint density at radius 3 is 2.81 bits per heavy atom. The lowest BCUT2D eigenvalue weighted by atomic mass is 10.1. The van der Waals surface area contributed by atoms with Crippen molar-refractivity contribution in [2.45, 2.75) is 17.4 Å². The molecule has 3 nitrogen and oxygen atoms in total. The molecule has 1 rings (SSSR count). The van der Waals surface area contributed by atoms with Crippen LogP contribution in [0.3, 0.4) is 0 Å². The molecular weight excluding hydrogens is 288 g/mol. The zero-order valence-electron chi connectivity index (χ0n) is 9.29. The van der Waals surface area contributed by atoms with Gasteiger partial charge in [-0.1, -0.05) is 22.0 Å². The number of rotatable bonds is 5. The van der Waals surface area contributed by atoms with Gasteiger partial charge < -0.3 is 11.1 Å². The number of amides is 1. The maximum atomic E-state index is 11.3. The Morgan fingerprint density at radius 2 is 2.31 bits per heavy atom. The summed E-state index contributed by atoms with van der Waals surface area (Å²) in [5.74, 6) is 0.271. The second-order valence-electron chi connectivity index (χ2n) is 3.69. The van der Waals surface area contributed by atoms with Crippen molar-refractivity contribution >= 4 is 33.6 Å². The number of thioether (sulfide) groups is 1. The highest BCUT2D eigenvalue weighted by Gasteiger charge is 2.28. The van der Waals surface area contributed by atoms with Gasteiger partial charge in [0.1, 0.15) is 5.54 Å². The Hall–Kier alpha value is -0.520. The highest BCUT2D eigenvalue weighted by Crippen LogP contribution is 2.25. The fourth-order valence-electron chi connectivity index (χ4n) is 1.05. The van der Waals surface area contributed by atoms with Crippen LogP contribution in [0.1, 0.15) is 6.92 Å². The van der Waals surface area contributed by atoms with Gasteiger partial charge in [-0.25, -0.2) is 0 Å². The van der Waals surface area contributed by atoms with Crippen LogP contribution in [0.5, 0.6) is 0 Å². The molecule has 0 aliphatic heterocycles. The van der Waals surface area contributed by atoms with Gasteiger partial charge in [0, 0.05) is 15.1 Å². The van der Waals surface area contributed by atoms with Crippen molar-refractivity contribution in [2.75, 3.05) is 12.8 Å². The molecule has 0 saturated heterocycles. The van der Waals surface area contributed by atoms with Crippen molar-refractivity contribution < 1.29 is 4.79 Å². The number of carbonyl (C=O) groups excluding carboxylic acids is 1. The highest BCUT2D eigenvalue weighted by atomic mass is 79.9. The maximum Gasteiger partial charge on any atom is 0.238 e. The molecule has 1 amide bonds. The van der Waals surface area contributed by atoms with E-state index in [0.29, 0.717) is 5.75 Å². The average molecular weight is 303 g/mol. The third kappa shape index (κ3) is 3.50. The third-order valence-electron chi connectivity index (χ3n) is 2.42. The molecule has 1 atom stereocenters. The number of hydrogen-bond acceptors (Lipinski definition) is 3. The third-order valence-corrected chi connectivity index (χ3v) is 4.22. The first kappa shape index (κ1) is 13.5. The van der Waals surface area contributed by atoms with Gasteiger partial charge in [0.2, 0.25) is 5.91 Å². The molecule has 1 unspecified atom stereocenters. The summed E-state index contributed by atoms with van der Waals surface area (Å²) in [5.41, 5.74) is 4.68. The first-order valence-corrected chi connectivity index (χ1v) is 6.63. The summed E-state index contributed by atoms with van der Waals surface area (Å²) < 4.78 is 1.03. The number of benzene rings is 1. The number of nitrogens with two attached hydrogens (primary N) is 1. The number of primary amides is 1. The summed E-state index contributed by atoms with van der Waals surface area (Å²) in [6.07, 6.45) is 0. The summed E-state index contributed by atoms with van der Waals surface area (Å²) in [6, 6.07) is 7.96. The Kier molecular flexibility index (Phi) is 4.83. The van der Waals surface area contributed by atoms with E-state index in [1.165, 1.54) is 0 Å². The Balaban J connectivity index is 2.66. The van der Waals surface area contributed by atoms with Gasteiger partial charge in [-0.3, -0.25) is 4.79 Å². The van der Waals surface area contributed by atoms with Crippen LogP contribution in [0, 0.1) is 0 Å². The normalized spacial score (nSPS) is 14.4. The molecule has 0 aliphatic carbocycles. The SMILES string of the molecule is CNC(C)(CSc1cccc(Br)c1)C(N)=O. The van der Waals surface area contributed by atoms with E-state index in [-0.39, 0.29) is 5.91 Å². The van der Waals surface area contributed by atoms with E-state index in [9.17, 15) is 4.79 Å². The van der Waals surface area contributed by atoms with Crippen LogP contribution in [0.4, 0.5) is 0 Å². The molecule has 88 valence electrons. The minimum absolute atomic E-state index is 0.336. The van der Waals surface area contributed by atoms with Crippen LogP contribution < -0.4 is 11.1 Å². The predicted molar refractivity (Wildman–Crippen MR) is 71.5 cm³/mol. The monoisotopic (exact) mass is 302 g/mol. The van der Waals surface area contributed by atoms with Gasteiger partial charge in [0.25, 0.3) is 0 Å². The molecule has 0 radical (unpaired) electrons. The van der Waals surface area contributed by atoms with Crippen LogP contribution in [-0.2, 0) is 4.79 Å². The topological polar surface area (TPSA) is 55.1 Å². The van der Waals surface area contributed by atoms with Crippen LogP contribution in [-0.4, -0.2) is 24.2 Å². The molecule has 0 fully saturated rings. The minimum Gasteiger partial charge on any atom is -0.368 e. The summed E-state index contributed by atoms with van der Waals surface area (Å²) in [7, 11) is 1.74. The average Bonchev–Trinajstić information content (AvgIpc) is 2.26. The van der Waals surface area contributed by atoms with E-state index in [1.807, 2.05) is 24.3 Å². The van der Waals surface area contributed by atoms with Crippen molar-refractivity contribution in [3.05, 3.63) is 28.7 Å². The minimum atomic E-state index is -0.674. The number of likely N-dealkylation sites (N-methyl/N-ethyl adjacent to an activating group) is 1. The van der Waals surface area contributed by atoms with Crippen molar-refractivity contribution in [1.82, 2.24) is 5.32 Å². The van der Waals surface area contributed by atoms with Crippen LogP contribution >= 0.6 is 27.7 Å². The van der Waals surface area contributed by atoms with Gasteiger partial charge in [-0.2, -0.15) is 0 Å². The van der Waals surface area contributed by atoms with Crippen LogP contribution in [0.2, 0.25) is 0 Å². The fourth-order valence-corrected chi connectivity index (χ4v) is 2.73. The van der Waals surface area contributed by atoms with Crippen molar-refractivity contribution in [3.63, 3.8) is 0 Å². The second kappa shape index (κ2) is 5.70. The van der Waals surface area contributed by atoms with Crippen LogP contribution in [0.25, 0.3) is 0 Å². The van der Waals surface area contributed by atoms with E-state index in [0.717, 1.165) is 9.37 Å². The van der Waals surface area contributed by atoms with E-state index in [1.54, 1.807) is 25.7 Å². The second-order valence-corrected chi connectivity index (χ2v) is 5.66.